The van der Waals surface area contributed by atoms with Crippen LogP contribution in [0.3, 0.4) is 0 Å². The molecule has 2 fully saturated rings. The van der Waals surface area contributed by atoms with Crippen molar-refractivity contribution < 1.29 is 0 Å². The Morgan fingerprint density at radius 1 is 0.944 bits per heavy atom. The Morgan fingerprint density at radius 3 is 2.33 bits per heavy atom. The molecule has 0 spiro atoms. The van der Waals surface area contributed by atoms with Gasteiger partial charge in [-0.15, -0.1) is 0 Å². The molecule has 2 nitrogen and oxygen atoms in total. The van der Waals surface area contributed by atoms with Gasteiger partial charge in [-0.2, -0.15) is 0 Å². The Balaban J connectivity index is 1.61. The highest BCUT2D eigenvalue weighted by Gasteiger charge is 2.21. The molecule has 0 aromatic heterocycles. The Bertz CT molecular complexity index is 223. The minimum atomic E-state index is 0.790. The second-order valence-corrected chi connectivity index (χ2v) is 6.59. The van der Waals surface area contributed by atoms with Crippen molar-refractivity contribution in [3.63, 3.8) is 0 Å². The third kappa shape index (κ3) is 4.24. The van der Waals surface area contributed by atoms with Gasteiger partial charge in [-0.05, 0) is 38.6 Å². The minimum Gasteiger partial charge on any atom is -0.312 e. The zero-order valence-electron chi connectivity index (χ0n) is 12.5. The molecule has 2 atom stereocenters. The highest BCUT2D eigenvalue weighted by molar-refractivity contribution is 4.79. The largest absolute Gasteiger partial charge is 0.312 e. The molecule has 0 amide bonds. The van der Waals surface area contributed by atoms with Crippen molar-refractivity contribution in [3.8, 4) is 0 Å². The van der Waals surface area contributed by atoms with E-state index in [0.717, 1.165) is 18.0 Å². The molecule has 0 aromatic carbocycles. The van der Waals surface area contributed by atoms with Crippen LogP contribution in [0.15, 0.2) is 0 Å². The predicted molar refractivity (Wildman–Crippen MR) is 78.9 cm³/mol. The van der Waals surface area contributed by atoms with Crippen LogP contribution in [0.4, 0.5) is 0 Å². The maximum atomic E-state index is 3.80. The van der Waals surface area contributed by atoms with Gasteiger partial charge in [0.05, 0.1) is 0 Å². The molecule has 2 rings (SSSR count). The highest BCUT2D eigenvalue weighted by Crippen LogP contribution is 2.24. The molecule has 0 radical (unpaired) electrons. The molecule has 18 heavy (non-hydrogen) atoms. The van der Waals surface area contributed by atoms with E-state index in [1.54, 1.807) is 0 Å². The van der Waals surface area contributed by atoms with E-state index in [4.69, 9.17) is 0 Å². The molecule has 2 heteroatoms. The van der Waals surface area contributed by atoms with E-state index in [0.29, 0.717) is 0 Å². The van der Waals surface area contributed by atoms with E-state index in [1.807, 2.05) is 0 Å². The lowest BCUT2D eigenvalue weighted by molar-refractivity contribution is 0.184. The number of rotatable bonds is 5. The summed E-state index contributed by atoms with van der Waals surface area (Å²) < 4.78 is 0. The fourth-order valence-corrected chi connectivity index (χ4v) is 3.75. The van der Waals surface area contributed by atoms with Crippen molar-refractivity contribution in [2.24, 2.45) is 5.92 Å². The van der Waals surface area contributed by atoms with E-state index in [9.17, 15) is 0 Å². The standard InChI is InChI=1S/C16H32N2/c1-14-8-6-7-11-16(14)17-12-13-18(2)15-9-4-3-5-10-15/h14-17H,3-13H2,1-2H3. The number of nitrogens with one attached hydrogen (secondary N) is 1. The van der Waals surface area contributed by atoms with Crippen LogP contribution in [0.2, 0.25) is 0 Å². The van der Waals surface area contributed by atoms with Crippen molar-refractivity contribution in [2.45, 2.75) is 76.8 Å². The summed E-state index contributed by atoms with van der Waals surface area (Å²) in [5, 5.41) is 3.80. The zero-order valence-corrected chi connectivity index (χ0v) is 12.5. The van der Waals surface area contributed by atoms with Crippen LogP contribution < -0.4 is 5.32 Å². The summed E-state index contributed by atoms with van der Waals surface area (Å²) in [5.41, 5.74) is 0. The summed E-state index contributed by atoms with van der Waals surface area (Å²) in [6.45, 7) is 4.83. The normalized spacial score (nSPS) is 30.8. The van der Waals surface area contributed by atoms with Gasteiger partial charge in [0.15, 0.2) is 0 Å². The van der Waals surface area contributed by atoms with Gasteiger partial charge in [0.25, 0.3) is 0 Å². The third-order valence-electron chi connectivity index (χ3n) is 5.18. The van der Waals surface area contributed by atoms with Crippen LogP contribution in [-0.2, 0) is 0 Å². The van der Waals surface area contributed by atoms with E-state index >= 15 is 0 Å². The van der Waals surface area contributed by atoms with Gasteiger partial charge in [-0.25, -0.2) is 0 Å². The molecule has 0 saturated heterocycles. The van der Waals surface area contributed by atoms with E-state index in [1.165, 1.54) is 70.9 Å². The number of nitrogens with zero attached hydrogens (tertiary/aromatic N) is 1. The smallest absolute Gasteiger partial charge is 0.0107 e. The quantitative estimate of drug-likeness (QED) is 0.806. The molecule has 2 aliphatic rings. The molecule has 2 unspecified atom stereocenters. The summed E-state index contributed by atoms with van der Waals surface area (Å²) in [7, 11) is 2.32. The van der Waals surface area contributed by atoms with Crippen molar-refractivity contribution >= 4 is 0 Å². The van der Waals surface area contributed by atoms with Gasteiger partial charge in [-0.1, -0.05) is 39.0 Å². The van der Waals surface area contributed by atoms with E-state index in [-0.39, 0.29) is 0 Å². The first-order valence-electron chi connectivity index (χ1n) is 8.21. The van der Waals surface area contributed by atoms with Crippen molar-refractivity contribution in [1.82, 2.24) is 10.2 Å². The maximum Gasteiger partial charge on any atom is 0.0107 e. The zero-order chi connectivity index (χ0) is 12.8. The fraction of sp³-hybridized carbons (Fsp3) is 1.00. The maximum absolute atomic E-state index is 3.80. The predicted octanol–water partition coefficient (Wildman–Crippen LogP) is 3.42. The van der Waals surface area contributed by atoms with Crippen LogP contribution >= 0.6 is 0 Å². The summed E-state index contributed by atoms with van der Waals surface area (Å²) in [5.74, 6) is 0.888. The summed E-state index contributed by atoms with van der Waals surface area (Å²) in [6.07, 6.45) is 12.9. The van der Waals surface area contributed by atoms with Crippen molar-refractivity contribution in [2.75, 3.05) is 20.1 Å². The monoisotopic (exact) mass is 252 g/mol. The van der Waals surface area contributed by atoms with Gasteiger partial charge >= 0.3 is 0 Å². The summed E-state index contributed by atoms with van der Waals surface area (Å²) in [6, 6.07) is 1.66. The van der Waals surface area contributed by atoms with Crippen LogP contribution in [-0.4, -0.2) is 37.1 Å². The van der Waals surface area contributed by atoms with E-state index < -0.39 is 0 Å². The molecular weight excluding hydrogens is 220 g/mol. The average molecular weight is 252 g/mol. The fourth-order valence-electron chi connectivity index (χ4n) is 3.75. The molecule has 2 saturated carbocycles. The van der Waals surface area contributed by atoms with Crippen molar-refractivity contribution in [1.29, 1.82) is 0 Å². The van der Waals surface area contributed by atoms with Crippen molar-refractivity contribution in [3.05, 3.63) is 0 Å². The molecule has 0 bridgehead atoms. The topological polar surface area (TPSA) is 15.3 Å². The van der Waals surface area contributed by atoms with Gasteiger partial charge in [-0.3, -0.25) is 0 Å². The molecule has 0 aliphatic heterocycles. The van der Waals surface area contributed by atoms with Crippen LogP contribution in [0.25, 0.3) is 0 Å². The Hall–Kier alpha value is -0.0800. The number of hydrogen-bond donors (Lipinski definition) is 1. The Labute approximate surface area is 114 Å². The van der Waals surface area contributed by atoms with E-state index in [2.05, 4.69) is 24.2 Å². The Morgan fingerprint density at radius 2 is 1.61 bits per heavy atom. The number of likely N-dealkylation sites (N-methyl/N-ethyl adjacent to an activating group) is 1. The van der Waals surface area contributed by atoms with Crippen LogP contribution in [0, 0.1) is 5.92 Å². The molecule has 2 aliphatic carbocycles. The van der Waals surface area contributed by atoms with Gasteiger partial charge < -0.3 is 10.2 Å². The van der Waals surface area contributed by atoms with Gasteiger partial charge in [0.2, 0.25) is 0 Å². The first kappa shape index (κ1) is 14.3. The second kappa shape index (κ2) is 7.49. The Kier molecular flexibility index (Phi) is 5.97. The first-order chi connectivity index (χ1) is 8.77. The lowest BCUT2D eigenvalue weighted by Gasteiger charge is -2.33. The first-order valence-corrected chi connectivity index (χ1v) is 8.21. The molecule has 0 aromatic rings. The number of hydrogen-bond acceptors (Lipinski definition) is 2. The molecule has 1 N–H and O–H groups in total. The minimum absolute atomic E-state index is 0.790. The highest BCUT2D eigenvalue weighted by atomic mass is 15.1. The lowest BCUT2D eigenvalue weighted by Crippen LogP contribution is -2.43. The average Bonchev–Trinajstić information content (AvgIpc) is 2.42. The van der Waals surface area contributed by atoms with Gasteiger partial charge in [0.1, 0.15) is 0 Å². The SMILES string of the molecule is CC1CCCCC1NCCN(C)C1CCCCC1. The third-order valence-corrected chi connectivity index (χ3v) is 5.18. The van der Waals surface area contributed by atoms with Crippen LogP contribution in [0.5, 0.6) is 0 Å². The summed E-state index contributed by atoms with van der Waals surface area (Å²) >= 11 is 0. The van der Waals surface area contributed by atoms with Crippen LogP contribution in [0.1, 0.15) is 64.7 Å². The summed E-state index contributed by atoms with van der Waals surface area (Å²) in [4.78, 5) is 2.60. The molecular formula is C16H32N2. The lowest BCUT2D eigenvalue weighted by atomic mass is 9.86. The van der Waals surface area contributed by atoms with Gasteiger partial charge in [0, 0.05) is 25.2 Å². The molecule has 0 heterocycles. The second-order valence-electron chi connectivity index (χ2n) is 6.59. The molecule has 106 valence electrons.